The van der Waals surface area contributed by atoms with Crippen molar-refractivity contribution in [2.75, 3.05) is 7.11 Å². The van der Waals surface area contributed by atoms with Gasteiger partial charge in [0.2, 0.25) is 0 Å². The molecule has 96 valence electrons. The van der Waals surface area contributed by atoms with Crippen molar-refractivity contribution in [2.45, 2.75) is 18.7 Å². The summed E-state index contributed by atoms with van der Waals surface area (Å²) in [5.41, 5.74) is -0.124. The molecule has 0 spiro atoms. The molecule has 6 heteroatoms. The van der Waals surface area contributed by atoms with Gasteiger partial charge in [-0.25, -0.2) is 8.78 Å². The first-order valence-corrected chi connectivity index (χ1v) is 5.54. The second-order valence-electron chi connectivity index (χ2n) is 3.46. The van der Waals surface area contributed by atoms with Gasteiger partial charge in [0, 0.05) is 11.4 Å². The number of hydrogen-bond donors (Lipinski definition) is 0. The molecule has 1 rings (SSSR count). The lowest BCUT2D eigenvalue weighted by atomic mass is 9.95. The van der Waals surface area contributed by atoms with Gasteiger partial charge in [-0.3, -0.25) is 4.79 Å². The van der Waals surface area contributed by atoms with Gasteiger partial charge in [0.25, 0.3) is 6.43 Å². The second-order valence-corrected chi connectivity index (χ2v) is 3.73. The summed E-state index contributed by atoms with van der Waals surface area (Å²) < 4.78 is 30.5. The summed E-state index contributed by atoms with van der Waals surface area (Å²) in [7, 11) is 1.15. The zero-order chi connectivity index (χ0) is 13.7. The van der Waals surface area contributed by atoms with Crippen LogP contribution in [0.3, 0.4) is 0 Å². The van der Waals surface area contributed by atoms with Crippen LogP contribution in [0.15, 0.2) is 12.1 Å². The minimum atomic E-state index is -2.80. The van der Waals surface area contributed by atoms with Gasteiger partial charge in [-0.15, -0.1) is 11.6 Å². The number of nitrogens with zero attached hydrogens (tertiary/aromatic N) is 1. The van der Waals surface area contributed by atoms with Crippen LogP contribution in [0.2, 0.25) is 0 Å². The number of methoxy groups -OCH3 is 1. The van der Waals surface area contributed by atoms with Crippen LogP contribution in [0, 0.1) is 11.3 Å². The number of rotatable bonds is 4. The Balaban J connectivity index is 3.41. The average molecular weight is 274 g/mol. The van der Waals surface area contributed by atoms with E-state index in [-0.39, 0.29) is 34.6 Å². The summed E-state index contributed by atoms with van der Waals surface area (Å²) in [6.07, 6.45) is -3.17. The number of carbonyl (C=O) groups excluding carboxylic acids is 1. The molecule has 3 nitrogen and oxygen atoms in total. The van der Waals surface area contributed by atoms with Crippen LogP contribution in [0.1, 0.15) is 28.7 Å². The minimum absolute atomic E-state index is 0.0162. The van der Waals surface area contributed by atoms with Gasteiger partial charge in [0.1, 0.15) is 0 Å². The maximum Gasteiger partial charge on any atom is 0.310 e. The number of benzene rings is 1. The Labute approximate surface area is 108 Å². The summed E-state index contributed by atoms with van der Waals surface area (Å²) in [5, 5.41) is 8.89. The largest absolute Gasteiger partial charge is 0.469 e. The highest BCUT2D eigenvalue weighted by Gasteiger charge is 2.22. The topological polar surface area (TPSA) is 50.1 Å². The van der Waals surface area contributed by atoms with Gasteiger partial charge >= 0.3 is 5.97 Å². The maximum absolute atomic E-state index is 13.0. The molecule has 0 bridgehead atoms. The molecule has 0 radical (unpaired) electrons. The summed E-state index contributed by atoms with van der Waals surface area (Å²) >= 11 is 5.58. The lowest BCUT2D eigenvalue weighted by Gasteiger charge is -2.13. The molecule has 0 aliphatic heterocycles. The quantitative estimate of drug-likeness (QED) is 0.626. The number of ether oxygens (including phenoxy) is 1. The molecule has 0 fully saturated rings. The third-order valence-electron chi connectivity index (χ3n) is 2.48. The van der Waals surface area contributed by atoms with Crippen molar-refractivity contribution in [3.63, 3.8) is 0 Å². The van der Waals surface area contributed by atoms with Gasteiger partial charge < -0.3 is 4.74 Å². The van der Waals surface area contributed by atoms with E-state index in [0.29, 0.717) is 0 Å². The van der Waals surface area contributed by atoms with Gasteiger partial charge in [-0.05, 0) is 17.2 Å². The highest BCUT2D eigenvalue weighted by Crippen LogP contribution is 2.30. The Morgan fingerprint density at radius 1 is 1.56 bits per heavy atom. The predicted octanol–water partition coefficient (Wildman–Crippen LogP) is 2.95. The molecule has 1 aromatic rings. The molecule has 1 aromatic carbocycles. The first kappa shape index (κ1) is 14.4. The standard InChI is InChI=1S/C12H10ClF2NO2/c1-18-10(17)4-9-8(6-16)3-2-7(5-13)11(9)12(14)15/h2-3,12H,4-5H2,1H3. The Hall–Kier alpha value is -1.67. The van der Waals surface area contributed by atoms with Crippen molar-refractivity contribution in [2.24, 2.45) is 0 Å². The highest BCUT2D eigenvalue weighted by atomic mass is 35.5. The van der Waals surface area contributed by atoms with E-state index < -0.39 is 12.4 Å². The lowest BCUT2D eigenvalue weighted by molar-refractivity contribution is -0.139. The number of esters is 1. The molecular formula is C12H10ClF2NO2. The zero-order valence-corrected chi connectivity index (χ0v) is 10.3. The molecule has 0 atom stereocenters. The fraction of sp³-hybridized carbons (Fsp3) is 0.333. The van der Waals surface area contributed by atoms with Crippen LogP contribution in [-0.2, 0) is 21.8 Å². The normalized spacial score (nSPS) is 10.2. The summed E-state index contributed by atoms with van der Waals surface area (Å²) in [4.78, 5) is 11.2. The van der Waals surface area contributed by atoms with Gasteiger partial charge in [0.15, 0.2) is 0 Å². The van der Waals surface area contributed by atoms with Crippen molar-refractivity contribution in [3.8, 4) is 6.07 Å². The van der Waals surface area contributed by atoms with Crippen LogP contribution in [0.25, 0.3) is 0 Å². The van der Waals surface area contributed by atoms with Crippen molar-refractivity contribution in [1.29, 1.82) is 5.26 Å². The fourth-order valence-corrected chi connectivity index (χ4v) is 1.85. The van der Waals surface area contributed by atoms with E-state index in [1.807, 2.05) is 0 Å². The Kier molecular flexibility index (Phi) is 5.05. The number of hydrogen-bond acceptors (Lipinski definition) is 3. The molecule has 0 heterocycles. The molecular weight excluding hydrogens is 264 g/mol. The smallest absolute Gasteiger partial charge is 0.310 e. The third kappa shape index (κ3) is 2.96. The van der Waals surface area contributed by atoms with E-state index in [4.69, 9.17) is 16.9 Å². The van der Waals surface area contributed by atoms with Crippen molar-refractivity contribution >= 4 is 17.6 Å². The first-order chi connectivity index (χ1) is 8.54. The zero-order valence-electron chi connectivity index (χ0n) is 9.54. The molecule has 0 aromatic heterocycles. The number of carbonyl (C=O) groups is 1. The molecule has 0 N–H and O–H groups in total. The van der Waals surface area contributed by atoms with E-state index in [0.717, 1.165) is 7.11 Å². The van der Waals surface area contributed by atoms with E-state index in [9.17, 15) is 13.6 Å². The lowest BCUT2D eigenvalue weighted by Crippen LogP contribution is -2.11. The number of alkyl halides is 3. The van der Waals surface area contributed by atoms with Crippen LogP contribution in [-0.4, -0.2) is 13.1 Å². The van der Waals surface area contributed by atoms with Crippen LogP contribution < -0.4 is 0 Å². The van der Waals surface area contributed by atoms with Crippen LogP contribution >= 0.6 is 11.6 Å². The molecule has 18 heavy (non-hydrogen) atoms. The van der Waals surface area contributed by atoms with Crippen LogP contribution in [0.5, 0.6) is 0 Å². The molecule has 0 aliphatic carbocycles. The molecule has 0 amide bonds. The Bertz CT molecular complexity index is 498. The van der Waals surface area contributed by atoms with Gasteiger partial charge in [-0.2, -0.15) is 5.26 Å². The van der Waals surface area contributed by atoms with E-state index in [2.05, 4.69) is 4.74 Å². The monoisotopic (exact) mass is 273 g/mol. The van der Waals surface area contributed by atoms with Crippen molar-refractivity contribution < 1.29 is 18.3 Å². The van der Waals surface area contributed by atoms with Gasteiger partial charge in [-0.1, -0.05) is 6.07 Å². The molecule has 0 saturated carbocycles. The summed E-state index contributed by atoms with van der Waals surface area (Å²) in [6, 6.07) is 4.53. The van der Waals surface area contributed by atoms with Crippen molar-refractivity contribution in [3.05, 3.63) is 34.4 Å². The number of halogens is 3. The summed E-state index contributed by atoms with van der Waals surface area (Å²) in [5.74, 6) is -0.792. The average Bonchev–Trinajstić information content (AvgIpc) is 2.37. The molecule has 0 saturated heterocycles. The Morgan fingerprint density at radius 2 is 2.22 bits per heavy atom. The van der Waals surface area contributed by atoms with E-state index >= 15 is 0 Å². The number of nitriles is 1. The van der Waals surface area contributed by atoms with Crippen molar-refractivity contribution in [1.82, 2.24) is 0 Å². The summed E-state index contributed by atoms with van der Waals surface area (Å²) in [6.45, 7) is 0. The maximum atomic E-state index is 13.0. The predicted molar refractivity (Wildman–Crippen MR) is 61.4 cm³/mol. The molecule has 0 aliphatic rings. The Morgan fingerprint density at radius 3 is 2.67 bits per heavy atom. The SMILES string of the molecule is COC(=O)Cc1c(C#N)ccc(CCl)c1C(F)F. The second kappa shape index (κ2) is 6.31. The minimum Gasteiger partial charge on any atom is -0.469 e. The van der Waals surface area contributed by atoms with E-state index in [1.54, 1.807) is 6.07 Å². The highest BCUT2D eigenvalue weighted by molar-refractivity contribution is 6.17. The van der Waals surface area contributed by atoms with Crippen LogP contribution in [0.4, 0.5) is 8.78 Å². The van der Waals surface area contributed by atoms with Gasteiger partial charge in [0.05, 0.1) is 25.2 Å². The first-order valence-electron chi connectivity index (χ1n) is 5.00. The molecule has 0 unspecified atom stereocenters. The van der Waals surface area contributed by atoms with E-state index in [1.165, 1.54) is 12.1 Å². The third-order valence-corrected chi connectivity index (χ3v) is 2.77. The fourth-order valence-electron chi connectivity index (χ4n) is 1.61.